The standard InChI is InChI=1S/C44H27N/c1-3-14-33-28(10-1)20-24-40-41-25-21-29-11-2-4-15-34(29)44(41)45(43(33)40)32-13-9-12-30(26-32)31-22-23-39-37-18-6-5-16-35(37)36-17-7-8-19-38(36)42(39)27-31/h1-27H. The lowest BCUT2D eigenvalue weighted by atomic mass is 9.92. The average Bonchev–Trinajstić information content (AvgIpc) is 3.47. The van der Waals surface area contributed by atoms with E-state index in [-0.39, 0.29) is 0 Å². The summed E-state index contributed by atoms with van der Waals surface area (Å²) in [5, 5.41) is 15.4. The second-order valence-electron chi connectivity index (χ2n) is 12.1. The zero-order valence-corrected chi connectivity index (χ0v) is 24.5. The van der Waals surface area contributed by atoms with Crippen molar-refractivity contribution in [1.29, 1.82) is 0 Å². The van der Waals surface area contributed by atoms with Crippen LogP contribution in [-0.2, 0) is 0 Å². The predicted molar refractivity (Wildman–Crippen MR) is 194 cm³/mol. The highest BCUT2D eigenvalue weighted by Crippen LogP contribution is 2.41. The van der Waals surface area contributed by atoms with Crippen LogP contribution in [-0.4, -0.2) is 4.57 Å². The van der Waals surface area contributed by atoms with E-state index in [4.69, 9.17) is 0 Å². The lowest BCUT2D eigenvalue weighted by molar-refractivity contribution is 1.19. The van der Waals surface area contributed by atoms with Gasteiger partial charge in [0.25, 0.3) is 0 Å². The molecule has 0 saturated heterocycles. The highest BCUT2D eigenvalue weighted by molar-refractivity contribution is 6.26. The van der Waals surface area contributed by atoms with Crippen LogP contribution >= 0.6 is 0 Å². The molecule has 10 aromatic rings. The number of rotatable bonds is 2. The average molecular weight is 570 g/mol. The molecule has 0 aliphatic heterocycles. The molecule has 0 N–H and O–H groups in total. The van der Waals surface area contributed by atoms with Crippen molar-refractivity contribution in [3.8, 4) is 16.8 Å². The summed E-state index contributed by atoms with van der Waals surface area (Å²) < 4.78 is 2.50. The van der Waals surface area contributed by atoms with Gasteiger partial charge in [-0.3, -0.25) is 0 Å². The van der Waals surface area contributed by atoms with Gasteiger partial charge in [0, 0.05) is 27.2 Å². The zero-order chi connectivity index (χ0) is 29.5. The summed E-state index contributed by atoms with van der Waals surface area (Å²) in [4.78, 5) is 0. The molecule has 1 heterocycles. The van der Waals surface area contributed by atoms with Gasteiger partial charge in [0.2, 0.25) is 0 Å². The molecular formula is C44H27N. The molecule has 0 fully saturated rings. The first kappa shape index (κ1) is 24.5. The van der Waals surface area contributed by atoms with E-state index in [0.717, 1.165) is 0 Å². The monoisotopic (exact) mass is 569 g/mol. The second kappa shape index (κ2) is 9.29. The summed E-state index contributed by atoms with van der Waals surface area (Å²) in [6, 6.07) is 60.3. The summed E-state index contributed by atoms with van der Waals surface area (Å²) in [5.41, 5.74) is 6.12. The van der Waals surface area contributed by atoms with Crippen molar-refractivity contribution < 1.29 is 0 Å². The smallest absolute Gasteiger partial charge is 0.0619 e. The Labute approximate surface area is 260 Å². The van der Waals surface area contributed by atoms with E-state index < -0.39 is 0 Å². The van der Waals surface area contributed by atoms with Crippen LogP contribution in [0.4, 0.5) is 0 Å². The maximum absolute atomic E-state index is 2.50. The summed E-state index contributed by atoms with van der Waals surface area (Å²) in [7, 11) is 0. The summed E-state index contributed by atoms with van der Waals surface area (Å²) >= 11 is 0. The number of hydrogen-bond donors (Lipinski definition) is 0. The Balaban J connectivity index is 1.28. The van der Waals surface area contributed by atoms with Crippen LogP contribution in [0.2, 0.25) is 0 Å². The molecule has 0 radical (unpaired) electrons. The maximum Gasteiger partial charge on any atom is 0.0619 e. The fourth-order valence-corrected chi connectivity index (χ4v) is 7.71. The highest BCUT2D eigenvalue weighted by Gasteiger charge is 2.18. The molecule has 0 spiro atoms. The van der Waals surface area contributed by atoms with Crippen LogP contribution in [0.15, 0.2) is 164 Å². The summed E-state index contributed by atoms with van der Waals surface area (Å²) in [6.45, 7) is 0. The second-order valence-corrected chi connectivity index (χ2v) is 12.1. The number of nitrogens with zero attached hydrogens (tertiary/aromatic N) is 1. The minimum absolute atomic E-state index is 1.17. The maximum atomic E-state index is 2.50. The minimum atomic E-state index is 1.17. The molecule has 0 unspecified atom stereocenters. The molecular weight excluding hydrogens is 542 g/mol. The third-order valence-corrected chi connectivity index (χ3v) is 9.72. The molecule has 9 aromatic carbocycles. The van der Waals surface area contributed by atoms with Crippen molar-refractivity contribution in [2.24, 2.45) is 0 Å². The molecule has 1 nitrogen and oxygen atoms in total. The SMILES string of the molecule is c1cc(-c2ccc3c4ccccc4c4ccccc4c3c2)cc(-n2c3c4ccccc4ccc3c3ccc4ccccc4c32)c1. The van der Waals surface area contributed by atoms with E-state index in [1.54, 1.807) is 0 Å². The zero-order valence-electron chi connectivity index (χ0n) is 24.5. The van der Waals surface area contributed by atoms with E-state index >= 15 is 0 Å². The first-order valence-electron chi connectivity index (χ1n) is 15.6. The summed E-state index contributed by atoms with van der Waals surface area (Å²) in [6.07, 6.45) is 0. The van der Waals surface area contributed by atoms with E-state index in [9.17, 15) is 0 Å². The van der Waals surface area contributed by atoms with E-state index in [1.807, 2.05) is 0 Å². The highest BCUT2D eigenvalue weighted by atomic mass is 15.0. The van der Waals surface area contributed by atoms with Crippen molar-refractivity contribution in [2.75, 3.05) is 0 Å². The number of hydrogen-bond acceptors (Lipinski definition) is 0. The van der Waals surface area contributed by atoms with Crippen molar-refractivity contribution in [2.45, 2.75) is 0 Å². The van der Waals surface area contributed by atoms with Gasteiger partial charge in [0.05, 0.1) is 11.0 Å². The van der Waals surface area contributed by atoms with E-state index in [1.165, 1.54) is 92.5 Å². The van der Waals surface area contributed by atoms with E-state index in [2.05, 4.69) is 168 Å². The van der Waals surface area contributed by atoms with Crippen LogP contribution in [0.5, 0.6) is 0 Å². The van der Waals surface area contributed by atoms with Crippen molar-refractivity contribution >= 4 is 75.7 Å². The van der Waals surface area contributed by atoms with Crippen LogP contribution in [0.25, 0.3) is 92.5 Å². The van der Waals surface area contributed by atoms with Crippen LogP contribution in [0, 0.1) is 0 Å². The molecule has 10 rings (SSSR count). The third kappa shape index (κ3) is 3.50. The van der Waals surface area contributed by atoms with Gasteiger partial charge in [-0.05, 0) is 72.4 Å². The Morgan fingerprint density at radius 2 is 0.711 bits per heavy atom. The van der Waals surface area contributed by atoms with Gasteiger partial charge in [-0.25, -0.2) is 0 Å². The van der Waals surface area contributed by atoms with Gasteiger partial charge in [0.1, 0.15) is 0 Å². The number of aromatic nitrogens is 1. The van der Waals surface area contributed by atoms with Crippen LogP contribution in [0.3, 0.4) is 0 Å². The first-order valence-corrected chi connectivity index (χ1v) is 15.6. The Morgan fingerprint density at radius 1 is 0.267 bits per heavy atom. The Morgan fingerprint density at radius 3 is 1.29 bits per heavy atom. The normalized spacial score (nSPS) is 12.0. The molecule has 1 heteroatoms. The molecule has 0 saturated carbocycles. The molecule has 0 atom stereocenters. The molecule has 1 aromatic heterocycles. The van der Waals surface area contributed by atoms with Gasteiger partial charge < -0.3 is 4.57 Å². The van der Waals surface area contributed by atoms with Crippen molar-refractivity contribution in [1.82, 2.24) is 4.57 Å². The predicted octanol–water partition coefficient (Wildman–Crippen LogP) is 12.2. The van der Waals surface area contributed by atoms with E-state index in [0.29, 0.717) is 0 Å². The molecule has 208 valence electrons. The lowest BCUT2D eigenvalue weighted by Gasteiger charge is -2.14. The van der Waals surface area contributed by atoms with Crippen molar-refractivity contribution in [3.63, 3.8) is 0 Å². The molecule has 0 amide bonds. The van der Waals surface area contributed by atoms with Gasteiger partial charge in [-0.2, -0.15) is 0 Å². The number of benzene rings is 9. The number of fused-ring (bicyclic) bond motifs is 13. The van der Waals surface area contributed by atoms with Gasteiger partial charge in [0.15, 0.2) is 0 Å². The first-order chi connectivity index (χ1) is 22.3. The quantitative estimate of drug-likeness (QED) is 0.183. The summed E-state index contributed by atoms with van der Waals surface area (Å²) in [5.74, 6) is 0. The molecule has 0 bridgehead atoms. The fraction of sp³-hybridized carbons (Fsp3) is 0. The molecule has 0 aliphatic carbocycles. The van der Waals surface area contributed by atoms with Crippen molar-refractivity contribution in [3.05, 3.63) is 164 Å². The Bertz CT molecular complexity index is 2690. The Hall–Kier alpha value is -5.92. The Kier molecular flexibility index (Phi) is 5.06. The van der Waals surface area contributed by atoms with Gasteiger partial charge in [-0.1, -0.05) is 146 Å². The molecule has 0 aliphatic rings. The lowest BCUT2D eigenvalue weighted by Crippen LogP contribution is -1.96. The van der Waals surface area contributed by atoms with Crippen LogP contribution in [0.1, 0.15) is 0 Å². The largest absolute Gasteiger partial charge is 0.308 e. The van der Waals surface area contributed by atoms with Gasteiger partial charge >= 0.3 is 0 Å². The third-order valence-electron chi connectivity index (χ3n) is 9.72. The van der Waals surface area contributed by atoms with Gasteiger partial charge in [-0.15, -0.1) is 0 Å². The topological polar surface area (TPSA) is 4.93 Å². The van der Waals surface area contributed by atoms with Crippen LogP contribution < -0.4 is 0 Å². The molecule has 45 heavy (non-hydrogen) atoms. The minimum Gasteiger partial charge on any atom is -0.308 e. The fourth-order valence-electron chi connectivity index (χ4n) is 7.71.